The molecule has 0 bridgehead atoms. The van der Waals surface area contributed by atoms with Gasteiger partial charge in [0.15, 0.2) is 0 Å². The summed E-state index contributed by atoms with van der Waals surface area (Å²) in [5, 5.41) is 14.3. The quantitative estimate of drug-likeness (QED) is 0.0483. The molecule has 0 aliphatic rings. The summed E-state index contributed by atoms with van der Waals surface area (Å²) in [6.45, 7) is 11.2. The van der Waals surface area contributed by atoms with E-state index in [0.717, 1.165) is 40.6 Å². The van der Waals surface area contributed by atoms with Crippen LogP contribution in [-0.4, -0.2) is 57.5 Å². The van der Waals surface area contributed by atoms with Crippen molar-refractivity contribution in [2.45, 2.75) is 12.8 Å². The number of allylic oxidation sites excluding steroid dienone is 2. The number of aromatic hydroxyl groups is 1. The third kappa shape index (κ3) is 9.80. The highest BCUT2D eigenvalue weighted by molar-refractivity contribution is 7.95. The highest BCUT2D eigenvalue weighted by atomic mass is 31.2. The maximum atomic E-state index is 10.3. The van der Waals surface area contributed by atoms with Gasteiger partial charge in [-0.3, -0.25) is 0 Å². The molecule has 0 heterocycles. The number of ether oxygens (including phenoxy) is 4. The first-order valence-corrected chi connectivity index (χ1v) is 19.2. The molecule has 0 aromatic heterocycles. The van der Waals surface area contributed by atoms with Gasteiger partial charge in [-0.2, -0.15) is 0 Å². The number of hydrogen-bond donors (Lipinski definition) is 1. The third-order valence-electron chi connectivity index (χ3n) is 8.57. The molecular formula is C44H48O5P+. The number of benzene rings is 5. The SMILES string of the molecule is C=CCc1ccc(OCCOCCOCCOCC[P+](c2ccccc2)(c2ccccc2)c2ccccc2)c(-c2ccc(O)c(CC=C)c2)c1. The second-order valence-corrected chi connectivity index (χ2v) is 15.5. The van der Waals surface area contributed by atoms with E-state index in [4.69, 9.17) is 18.9 Å². The van der Waals surface area contributed by atoms with Gasteiger partial charge in [-0.1, -0.05) is 78.9 Å². The molecule has 5 nitrogen and oxygen atoms in total. The normalized spacial score (nSPS) is 11.3. The first kappa shape index (κ1) is 36.8. The second kappa shape index (κ2) is 19.6. The van der Waals surface area contributed by atoms with E-state index in [1.807, 2.05) is 24.3 Å². The van der Waals surface area contributed by atoms with E-state index in [2.05, 4.69) is 116 Å². The number of rotatable bonds is 21. The minimum absolute atomic E-state index is 0.262. The maximum Gasteiger partial charge on any atom is 0.127 e. The Morgan fingerprint density at radius 1 is 0.540 bits per heavy atom. The van der Waals surface area contributed by atoms with Crippen LogP contribution in [0.1, 0.15) is 11.1 Å². The van der Waals surface area contributed by atoms with Gasteiger partial charge >= 0.3 is 0 Å². The molecule has 0 aliphatic heterocycles. The van der Waals surface area contributed by atoms with Crippen molar-refractivity contribution in [2.75, 3.05) is 52.4 Å². The first-order valence-electron chi connectivity index (χ1n) is 17.2. The molecule has 50 heavy (non-hydrogen) atoms. The lowest BCUT2D eigenvalue weighted by Gasteiger charge is -2.27. The summed E-state index contributed by atoms with van der Waals surface area (Å²) in [6.07, 6.45) is 5.93. The molecule has 0 radical (unpaired) electrons. The fourth-order valence-electron chi connectivity index (χ4n) is 6.13. The molecule has 0 amide bonds. The predicted molar refractivity (Wildman–Crippen MR) is 209 cm³/mol. The van der Waals surface area contributed by atoms with Gasteiger partial charge in [-0.05, 0) is 90.2 Å². The standard InChI is InChI=1S/C44H47O5P/c1-3-14-36-22-25-44(42(34-36)37-23-24-43(45)38(35-37)15-4-2)49-31-30-47-27-26-46-28-29-48-32-33-50(39-16-8-5-9-17-39,40-18-10-6-11-19-40)41-20-12-7-13-21-41/h3-13,16-25,34-35H,1-2,14-15,26-33H2/p+1. The highest BCUT2D eigenvalue weighted by Gasteiger charge is 2.44. The zero-order valence-corrected chi connectivity index (χ0v) is 29.7. The van der Waals surface area contributed by atoms with Gasteiger partial charge < -0.3 is 24.1 Å². The number of phenols is 1. The van der Waals surface area contributed by atoms with Crippen LogP contribution < -0.4 is 20.7 Å². The van der Waals surface area contributed by atoms with Crippen molar-refractivity contribution >= 4 is 23.2 Å². The lowest BCUT2D eigenvalue weighted by Crippen LogP contribution is -2.34. The average molecular weight is 688 g/mol. The Balaban J connectivity index is 1.06. The predicted octanol–water partition coefficient (Wildman–Crippen LogP) is 7.94. The number of phenolic OH excluding ortho intramolecular Hbond substituents is 1. The van der Waals surface area contributed by atoms with E-state index >= 15 is 0 Å². The summed E-state index contributed by atoms with van der Waals surface area (Å²) in [5.41, 5.74) is 3.91. The summed E-state index contributed by atoms with van der Waals surface area (Å²) in [5.74, 6) is 1.03. The lowest BCUT2D eigenvalue weighted by atomic mass is 9.97. The smallest absolute Gasteiger partial charge is 0.127 e. The van der Waals surface area contributed by atoms with Gasteiger partial charge in [0.2, 0.25) is 0 Å². The van der Waals surface area contributed by atoms with Gasteiger partial charge in [-0.25, -0.2) is 0 Å². The fraction of sp³-hybridized carbons (Fsp3) is 0.227. The Bertz CT molecular complexity index is 1660. The number of hydrogen-bond acceptors (Lipinski definition) is 5. The minimum Gasteiger partial charge on any atom is -0.508 e. The van der Waals surface area contributed by atoms with Crippen LogP contribution in [0.3, 0.4) is 0 Å². The Morgan fingerprint density at radius 2 is 1.06 bits per heavy atom. The van der Waals surface area contributed by atoms with Crippen molar-refractivity contribution in [2.24, 2.45) is 0 Å². The minimum atomic E-state index is -1.90. The van der Waals surface area contributed by atoms with E-state index in [9.17, 15) is 5.11 Å². The summed E-state index contributed by atoms with van der Waals surface area (Å²) in [4.78, 5) is 0. The van der Waals surface area contributed by atoms with Crippen molar-refractivity contribution in [3.05, 3.63) is 164 Å². The summed E-state index contributed by atoms with van der Waals surface area (Å²) < 4.78 is 23.9. The zero-order chi connectivity index (χ0) is 34.9. The second-order valence-electron chi connectivity index (χ2n) is 11.9. The molecule has 0 fully saturated rings. The van der Waals surface area contributed by atoms with E-state index in [0.29, 0.717) is 52.7 Å². The third-order valence-corrected chi connectivity index (χ3v) is 13.0. The van der Waals surface area contributed by atoms with Gasteiger partial charge in [-0.15, -0.1) is 13.2 Å². The fourth-order valence-corrected chi connectivity index (χ4v) is 10.2. The van der Waals surface area contributed by atoms with Crippen molar-refractivity contribution in [3.63, 3.8) is 0 Å². The van der Waals surface area contributed by atoms with E-state index in [1.54, 1.807) is 12.1 Å². The van der Waals surface area contributed by atoms with Gasteiger partial charge in [0, 0.05) is 5.56 Å². The molecule has 0 aliphatic carbocycles. The van der Waals surface area contributed by atoms with Crippen LogP contribution in [-0.2, 0) is 27.1 Å². The van der Waals surface area contributed by atoms with Crippen molar-refractivity contribution in [1.82, 2.24) is 0 Å². The van der Waals surface area contributed by atoms with Crippen LogP contribution in [0, 0.1) is 0 Å². The van der Waals surface area contributed by atoms with Gasteiger partial charge in [0.05, 0.1) is 45.8 Å². The van der Waals surface area contributed by atoms with Crippen LogP contribution in [0.4, 0.5) is 0 Å². The lowest BCUT2D eigenvalue weighted by molar-refractivity contribution is 0.0117. The molecule has 5 rings (SSSR count). The molecule has 0 saturated carbocycles. The molecule has 0 spiro atoms. The van der Waals surface area contributed by atoms with E-state index in [1.165, 1.54) is 15.9 Å². The van der Waals surface area contributed by atoms with E-state index in [-0.39, 0.29) is 5.75 Å². The van der Waals surface area contributed by atoms with Crippen molar-refractivity contribution < 1.29 is 24.1 Å². The summed E-state index contributed by atoms with van der Waals surface area (Å²) in [6, 6.07) is 44.4. The van der Waals surface area contributed by atoms with Crippen LogP contribution in [0.2, 0.25) is 0 Å². The van der Waals surface area contributed by atoms with Crippen LogP contribution in [0.15, 0.2) is 153 Å². The molecule has 0 atom stereocenters. The largest absolute Gasteiger partial charge is 0.508 e. The van der Waals surface area contributed by atoms with Crippen LogP contribution in [0.25, 0.3) is 11.1 Å². The van der Waals surface area contributed by atoms with Crippen molar-refractivity contribution in [1.29, 1.82) is 0 Å². The molecule has 6 heteroatoms. The van der Waals surface area contributed by atoms with Crippen LogP contribution >= 0.6 is 7.26 Å². The molecule has 0 saturated heterocycles. The Morgan fingerprint density at radius 3 is 1.60 bits per heavy atom. The highest BCUT2D eigenvalue weighted by Crippen LogP contribution is 2.55. The molecule has 1 N–H and O–H groups in total. The zero-order valence-electron chi connectivity index (χ0n) is 28.8. The van der Waals surface area contributed by atoms with Gasteiger partial charge in [0.25, 0.3) is 0 Å². The summed E-state index contributed by atoms with van der Waals surface area (Å²) in [7, 11) is -1.90. The Kier molecular flexibility index (Phi) is 14.4. The Hall–Kier alpha value is -4.51. The van der Waals surface area contributed by atoms with Crippen LogP contribution in [0.5, 0.6) is 11.5 Å². The molecule has 5 aromatic carbocycles. The van der Waals surface area contributed by atoms with Gasteiger partial charge in [0.1, 0.15) is 41.3 Å². The molecular weight excluding hydrogens is 639 g/mol. The van der Waals surface area contributed by atoms with Crippen molar-refractivity contribution in [3.8, 4) is 22.6 Å². The molecule has 0 unspecified atom stereocenters. The monoisotopic (exact) mass is 687 g/mol. The Labute approximate surface area is 298 Å². The van der Waals surface area contributed by atoms with E-state index < -0.39 is 7.26 Å². The first-order chi connectivity index (χ1) is 24.7. The molecule has 258 valence electrons. The molecule has 5 aromatic rings. The average Bonchev–Trinajstić information content (AvgIpc) is 3.16. The summed E-state index contributed by atoms with van der Waals surface area (Å²) >= 11 is 0. The topological polar surface area (TPSA) is 57.2 Å². The maximum absolute atomic E-state index is 10.3.